The van der Waals surface area contributed by atoms with E-state index < -0.39 is 0 Å². The summed E-state index contributed by atoms with van der Waals surface area (Å²) >= 11 is 5.90. The van der Waals surface area contributed by atoms with E-state index in [1.807, 2.05) is 42.5 Å². The number of piperidine rings is 1. The van der Waals surface area contributed by atoms with Crippen LogP contribution in [0.15, 0.2) is 59.8 Å². The second-order valence-electron chi connectivity index (χ2n) is 6.08. The zero-order valence-electron chi connectivity index (χ0n) is 14.9. The van der Waals surface area contributed by atoms with Gasteiger partial charge in [-0.3, -0.25) is 0 Å². The molecular formula is C20H22ClN3O3. The molecule has 0 spiro atoms. The first-order valence-electron chi connectivity index (χ1n) is 8.88. The molecule has 0 saturated carbocycles. The van der Waals surface area contributed by atoms with E-state index in [1.54, 1.807) is 17.0 Å². The average Bonchev–Trinajstić information content (AvgIpc) is 2.69. The van der Waals surface area contributed by atoms with Crippen LogP contribution in [0.2, 0.25) is 5.02 Å². The van der Waals surface area contributed by atoms with E-state index in [-0.39, 0.29) is 6.03 Å². The van der Waals surface area contributed by atoms with Gasteiger partial charge in [0.1, 0.15) is 12.4 Å². The van der Waals surface area contributed by atoms with Crippen molar-refractivity contribution in [1.82, 2.24) is 4.90 Å². The number of ether oxygens (including phenoxy) is 1. The van der Waals surface area contributed by atoms with Crippen molar-refractivity contribution in [3.8, 4) is 5.75 Å². The molecular weight excluding hydrogens is 366 g/mol. The normalized spacial score (nSPS) is 13.8. The van der Waals surface area contributed by atoms with E-state index in [0.29, 0.717) is 49.9 Å². The Balaban J connectivity index is 1.34. The first-order valence-corrected chi connectivity index (χ1v) is 9.25. The van der Waals surface area contributed by atoms with Gasteiger partial charge < -0.3 is 19.8 Å². The van der Waals surface area contributed by atoms with Gasteiger partial charge in [0.15, 0.2) is 6.61 Å². The highest BCUT2D eigenvalue weighted by Gasteiger charge is 2.20. The van der Waals surface area contributed by atoms with Crippen molar-refractivity contribution >= 4 is 29.0 Å². The van der Waals surface area contributed by atoms with E-state index in [2.05, 4.69) is 10.5 Å². The summed E-state index contributed by atoms with van der Waals surface area (Å²) in [6.07, 6.45) is 1.41. The van der Waals surface area contributed by atoms with E-state index in [9.17, 15) is 4.79 Å². The van der Waals surface area contributed by atoms with Gasteiger partial charge in [-0.1, -0.05) is 41.0 Å². The number of likely N-dealkylation sites (tertiary alicyclic amines) is 1. The molecule has 1 fully saturated rings. The molecule has 1 heterocycles. The lowest BCUT2D eigenvalue weighted by Crippen LogP contribution is -2.41. The molecule has 2 aromatic carbocycles. The highest BCUT2D eigenvalue weighted by molar-refractivity contribution is 6.30. The van der Waals surface area contributed by atoms with Crippen molar-refractivity contribution in [3.63, 3.8) is 0 Å². The number of anilines is 1. The number of carbonyl (C=O) groups is 1. The summed E-state index contributed by atoms with van der Waals surface area (Å²) in [5.74, 6) is 0.705. The van der Waals surface area contributed by atoms with E-state index in [1.165, 1.54) is 0 Å². The summed E-state index contributed by atoms with van der Waals surface area (Å²) in [6, 6.07) is 16.6. The topological polar surface area (TPSA) is 63.2 Å². The van der Waals surface area contributed by atoms with Crippen molar-refractivity contribution in [3.05, 3.63) is 59.6 Å². The molecule has 1 saturated heterocycles. The average molecular weight is 388 g/mol. The fourth-order valence-corrected chi connectivity index (χ4v) is 2.85. The van der Waals surface area contributed by atoms with E-state index in [4.69, 9.17) is 21.2 Å². The number of rotatable bonds is 6. The molecule has 1 N–H and O–H groups in total. The van der Waals surface area contributed by atoms with Crippen molar-refractivity contribution in [1.29, 1.82) is 0 Å². The van der Waals surface area contributed by atoms with Crippen LogP contribution < -0.4 is 10.1 Å². The number of halogens is 1. The third-order valence-corrected chi connectivity index (χ3v) is 4.32. The Labute approximate surface area is 163 Å². The molecule has 0 aromatic heterocycles. The zero-order valence-corrected chi connectivity index (χ0v) is 15.7. The standard InChI is InChI=1S/C20H22ClN3O3/c21-16-5-4-8-19(15-16)26-13-14-27-23-18-9-11-24(12-10-18)20(25)22-17-6-2-1-3-7-17/h1-8,15H,9-14H2,(H,22,25). The molecule has 0 bridgehead atoms. The maximum Gasteiger partial charge on any atom is 0.321 e. The lowest BCUT2D eigenvalue weighted by molar-refractivity contribution is 0.105. The number of urea groups is 1. The van der Waals surface area contributed by atoms with Crippen molar-refractivity contribution < 1.29 is 14.4 Å². The minimum Gasteiger partial charge on any atom is -0.490 e. The number of amides is 2. The fraction of sp³-hybridized carbons (Fsp3) is 0.300. The third kappa shape index (κ3) is 6.18. The van der Waals surface area contributed by atoms with Gasteiger partial charge in [-0.25, -0.2) is 4.79 Å². The van der Waals surface area contributed by atoms with Gasteiger partial charge in [0.25, 0.3) is 0 Å². The van der Waals surface area contributed by atoms with E-state index in [0.717, 1.165) is 11.4 Å². The Morgan fingerprint density at radius 3 is 2.59 bits per heavy atom. The first kappa shape index (κ1) is 19.0. The van der Waals surface area contributed by atoms with Gasteiger partial charge >= 0.3 is 6.03 Å². The van der Waals surface area contributed by atoms with Crippen LogP contribution in [0, 0.1) is 0 Å². The van der Waals surface area contributed by atoms with Crippen molar-refractivity contribution in [2.45, 2.75) is 12.8 Å². The van der Waals surface area contributed by atoms with Gasteiger partial charge in [0.2, 0.25) is 0 Å². The quantitative estimate of drug-likeness (QED) is 0.589. The minimum atomic E-state index is -0.0870. The molecule has 1 aliphatic rings. The van der Waals surface area contributed by atoms with Gasteiger partial charge in [0, 0.05) is 36.6 Å². The maximum atomic E-state index is 12.2. The Morgan fingerprint density at radius 1 is 1.07 bits per heavy atom. The fourth-order valence-electron chi connectivity index (χ4n) is 2.67. The van der Waals surface area contributed by atoms with Crippen LogP contribution in [0.3, 0.4) is 0 Å². The predicted octanol–water partition coefficient (Wildman–Crippen LogP) is 4.42. The minimum absolute atomic E-state index is 0.0870. The van der Waals surface area contributed by atoms with Crippen LogP contribution in [-0.2, 0) is 4.84 Å². The Morgan fingerprint density at radius 2 is 1.85 bits per heavy atom. The number of nitrogens with zero attached hydrogens (tertiary/aromatic N) is 2. The summed E-state index contributed by atoms with van der Waals surface area (Å²) in [5, 5.41) is 7.69. The molecule has 2 aromatic rings. The SMILES string of the molecule is O=C(Nc1ccccc1)N1CCC(=NOCCOc2cccc(Cl)c2)CC1. The summed E-state index contributed by atoms with van der Waals surface area (Å²) < 4.78 is 5.54. The highest BCUT2D eigenvalue weighted by Crippen LogP contribution is 2.17. The van der Waals surface area contributed by atoms with Crippen LogP contribution >= 0.6 is 11.6 Å². The Bertz CT molecular complexity index is 773. The van der Waals surface area contributed by atoms with Crippen LogP contribution in [0.25, 0.3) is 0 Å². The number of carbonyl (C=O) groups excluding carboxylic acids is 1. The van der Waals surface area contributed by atoms with Crippen molar-refractivity contribution in [2.24, 2.45) is 5.16 Å². The van der Waals surface area contributed by atoms with E-state index >= 15 is 0 Å². The second kappa shape index (κ2) is 9.83. The first-order chi connectivity index (χ1) is 13.2. The summed E-state index contributed by atoms with van der Waals surface area (Å²) in [6.45, 7) is 2.00. The molecule has 0 unspecified atom stereocenters. The zero-order chi connectivity index (χ0) is 18.9. The third-order valence-electron chi connectivity index (χ3n) is 4.09. The van der Waals surface area contributed by atoms with Crippen LogP contribution in [0.4, 0.5) is 10.5 Å². The summed E-state index contributed by atoms with van der Waals surface area (Å²) in [7, 11) is 0. The lowest BCUT2D eigenvalue weighted by Gasteiger charge is -2.27. The molecule has 7 heteroatoms. The van der Waals surface area contributed by atoms with Crippen molar-refractivity contribution in [2.75, 3.05) is 31.6 Å². The van der Waals surface area contributed by atoms with Crippen LogP contribution in [0.1, 0.15) is 12.8 Å². The number of hydrogen-bond acceptors (Lipinski definition) is 4. The molecule has 0 aliphatic carbocycles. The lowest BCUT2D eigenvalue weighted by atomic mass is 10.1. The Hall–Kier alpha value is -2.73. The number of nitrogens with one attached hydrogen (secondary N) is 1. The number of hydrogen-bond donors (Lipinski definition) is 1. The number of benzene rings is 2. The molecule has 6 nitrogen and oxygen atoms in total. The molecule has 0 radical (unpaired) electrons. The Kier molecular flexibility index (Phi) is 6.93. The van der Waals surface area contributed by atoms with Crippen LogP contribution in [-0.4, -0.2) is 42.9 Å². The highest BCUT2D eigenvalue weighted by atomic mass is 35.5. The summed E-state index contributed by atoms with van der Waals surface area (Å²) in [5.41, 5.74) is 1.76. The molecule has 0 atom stereocenters. The molecule has 1 aliphatic heterocycles. The largest absolute Gasteiger partial charge is 0.490 e. The number of oxime groups is 1. The predicted molar refractivity (Wildman–Crippen MR) is 107 cm³/mol. The number of para-hydroxylation sites is 1. The van der Waals surface area contributed by atoms with Crippen LogP contribution in [0.5, 0.6) is 5.75 Å². The molecule has 3 rings (SSSR count). The van der Waals surface area contributed by atoms with Gasteiger partial charge in [0.05, 0.1) is 5.71 Å². The van der Waals surface area contributed by atoms with Gasteiger partial charge in [-0.15, -0.1) is 0 Å². The maximum absolute atomic E-state index is 12.2. The monoisotopic (exact) mass is 387 g/mol. The molecule has 27 heavy (non-hydrogen) atoms. The van der Waals surface area contributed by atoms with Gasteiger partial charge in [-0.05, 0) is 30.3 Å². The smallest absolute Gasteiger partial charge is 0.321 e. The molecule has 142 valence electrons. The second-order valence-corrected chi connectivity index (χ2v) is 6.52. The van der Waals surface area contributed by atoms with Gasteiger partial charge in [-0.2, -0.15) is 0 Å². The summed E-state index contributed by atoms with van der Waals surface area (Å²) in [4.78, 5) is 19.4. The molecule has 2 amide bonds.